The average molecular weight is 339 g/mol. The Kier molecular flexibility index (Phi) is 5.21. The Hall–Kier alpha value is -1.85. The van der Waals surface area contributed by atoms with E-state index in [1.807, 2.05) is 0 Å². The molecule has 0 aromatic heterocycles. The summed E-state index contributed by atoms with van der Waals surface area (Å²) in [6, 6.07) is 13.0. The van der Waals surface area contributed by atoms with Crippen molar-refractivity contribution >= 4 is 27.4 Å². The predicted octanol–water partition coefficient (Wildman–Crippen LogP) is 3.49. The van der Waals surface area contributed by atoms with Crippen LogP contribution in [-0.2, 0) is 21.2 Å². The Morgan fingerprint density at radius 1 is 1.14 bits per heavy atom. The summed E-state index contributed by atoms with van der Waals surface area (Å²) in [7, 11) is -3.49. The van der Waals surface area contributed by atoms with Crippen molar-refractivity contribution in [1.82, 2.24) is 0 Å². The van der Waals surface area contributed by atoms with Gasteiger partial charge < -0.3 is 4.74 Å². The molecule has 22 heavy (non-hydrogen) atoms. The first-order chi connectivity index (χ1) is 10.4. The maximum absolute atomic E-state index is 12.2. The molecule has 0 amide bonds. The normalized spacial score (nSPS) is 11.2. The molecule has 0 N–H and O–H groups in total. The smallest absolute Gasteiger partial charge is 0.339 e. The first-order valence-electron chi connectivity index (χ1n) is 6.67. The van der Waals surface area contributed by atoms with E-state index in [4.69, 9.17) is 16.3 Å². The van der Waals surface area contributed by atoms with Crippen molar-refractivity contribution in [3.63, 3.8) is 0 Å². The first-order valence-corrected chi connectivity index (χ1v) is 8.70. The third-order valence-corrected chi connectivity index (χ3v) is 5.10. The summed E-state index contributed by atoms with van der Waals surface area (Å²) >= 11 is 5.86. The Bertz CT molecular complexity index is 784. The van der Waals surface area contributed by atoms with Gasteiger partial charge in [0.15, 0.2) is 9.84 Å². The van der Waals surface area contributed by atoms with Gasteiger partial charge in [0.1, 0.15) is 6.61 Å². The average Bonchev–Trinajstić information content (AvgIpc) is 2.52. The molecular formula is C16H15ClO4S. The highest BCUT2D eigenvalue weighted by Crippen LogP contribution is 2.19. The number of carbonyl (C=O) groups excluding carboxylic acids is 1. The van der Waals surface area contributed by atoms with Crippen molar-refractivity contribution < 1.29 is 17.9 Å². The largest absolute Gasteiger partial charge is 0.457 e. The molecule has 2 aromatic carbocycles. The summed E-state index contributed by atoms with van der Waals surface area (Å²) in [6.07, 6.45) is 0. The molecule has 0 aliphatic heterocycles. The van der Waals surface area contributed by atoms with Crippen LogP contribution in [0.4, 0.5) is 0 Å². The number of carbonyl (C=O) groups is 1. The van der Waals surface area contributed by atoms with Crippen LogP contribution in [0.15, 0.2) is 53.4 Å². The molecule has 116 valence electrons. The quantitative estimate of drug-likeness (QED) is 0.783. The zero-order chi connectivity index (χ0) is 16.2. The van der Waals surface area contributed by atoms with E-state index < -0.39 is 15.8 Å². The molecule has 0 saturated carbocycles. The molecule has 0 saturated heterocycles. The summed E-state index contributed by atoms with van der Waals surface area (Å²) in [6.45, 7) is 1.56. The van der Waals surface area contributed by atoms with Gasteiger partial charge in [-0.1, -0.05) is 42.8 Å². The molecule has 0 bridgehead atoms. The highest BCUT2D eigenvalue weighted by atomic mass is 35.5. The number of sulfone groups is 1. The first kappa shape index (κ1) is 16.5. The Balaban J connectivity index is 2.20. The van der Waals surface area contributed by atoms with Crippen molar-refractivity contribution in [1.29, 1.82) is 0 Å². The van der Waals surface area contributed by atoms with Gasteiger partial charge in [0, 0.05) is 5.02 Å². The molecule has 4 nitrogen and oxygen atoms in total. The van der Waals surface area contributed by atoms with E-state index in [-0.39, 0.29) is 22.8 Å². The fourth-order valence-electron chi connectivity index (χ4n) is 1.92. The molecule has 0 fully saturated rings. The molecule has 0 heterocycles. The van der Waals surface area contributed by atoms with Crippen LogP contribution in [0.1, 0.15) is 22.8 Å². The molecule has 2 rings (SSSR count). The van der Waals surface area contributed by atoms with Crippen molar-refractivity contribution in [3.8, 4) is 0 Å². The van der Waals surface area contributed by atoms with Crippen LogP contribution >= 0.6 is 11.6 Å². The topological polar surface area (TPSA) is 60.4 Å². The summed E-state index contributed by atoms with van der Waals surface area (Å²) in [5.41, 5.74) is 0.781. The minimum atomic E-state index is -3.49. The number of hydrogen-bond donors (Lipinski definition) is 0. The number of esters is 1. The minimum absolute atomic E-state index is 0.00593. The van der Waals surface area contributed by atoms with E-state index in [1.54, 1.807) is 36.4 Å². The van der Waals surface area contributed by atoms with Gasteiger partial charge in [-0.3, -0.25) is 0 Å². The second-order valence-electron chi connectivity index (χ2n) is 4.61. The van der Waals surface area contributed by atoms with Crippen molar-refractivity contribution in [2.24, 2.45) is 0 Å². The van der Waals surface area contributed by atoms with Crippen LogP contribution in [-0.4, -0.2) is 20.1 Å². The van der Waals surface area contributed by atoms with Gasteiger partial charge >= 0.3 is 5.97 Å². The summed E-state index contributed by atoms with van der Waals surface area (Å²) in [5.74, 6) is -0.751. The van der Waals surface area contributed by atoms with E-state index in [9.17, 15) is 13.2 Å². The molecule has 0 spiro atoms. The lowest BCUT2D eigenvalue weighted by molar-refractivity contribution is 0.0468. The van der Waals surface area contributed by atoms with E-state index in [2.05, 4.69) is 0 Å². The number of benzene rings is 2. The van der Waals surface area contributed by atoms with Crippen LogP contribution < -0.4 is 0 Å². The highest BCUT2D eigenvalue weighted by molar-refractivity contribution is 7.91. The van der Waals surface area contributed by atoms with E-state index in [0.717, 1.165) is 5.56 Å². The van der Waals surface area contributed by atoms with Gasteiger partial charge in [-0.05, 0) is 29.8 Å². The lowest BCUT2D eigenvalue weighted by atomic mass is 10.2. The summed E-state index contributed by atoms with van der Waals surface area (Å²) in [5, 5.41) is 0.544. The number of hydrogen-bond acceptors (Lipinski definition) is 4. The predicted molar refractivity (Wildman–Crippen MR) is 84.7 cm³/mol. The van der Waals surface area contributed by atoms with Gasteiger partial charge in [0.25, 0.3) is 0 Å². The second-order valence-corrected chi connectivity index (χ2v) is 7.29. The molecule has 0 atom stereocenters. The van der Waals surface area contributed by atoms with Crippen molar-refractivity contribution in [3.05, 3.63) is 64.7 Å². The van der Waals surface area contributed by atoms with Crippen LogP contribution in [0.5, 0.6) is 0 Å². The standard InChI is InChI=1S/C16H15ClO4S/c1-2-22(19,20)15-9-4-3-8-14(15)16(18)21-11-12-6-5-7-13(17)10-12/h3-10H,2,11H2,1H3. The van der Waals surface area contributed by atoms with E-state index in [1.165, 1.54) is 19.1 Å². The van der Waals surface area contributed by atoms with Gasteiger partial charge in [0.2, 0.25) is 0 Å². The number of rotatable bonds is 5. The molecule has 0 aliphatic rings. The second kappa shape index (κ2) is 6.94. The summed E-state index contributed by atoms with van der Waals surface area (Å²) < 4.78 is 29.2. The zero-order valence-electron chi connectivity index (χ0n) is 12.0. The fraction of sp³-hybridized carbons (Fsp3) is 0.188. The van der Waals surface area contributed by atoms with E-state index >= 15 is 0 Å². The van der Waals surface area contributed by atoms with Gasteiger partial charge in [-0.2, -0.15) is 0 Å². The van der Waals surface area contributed by atoms with Crippen LogP contribution in [0, 0.1) is 0 Å². The van der Waals surface area contributed by atoms with E-state index in [0.29, 0.717) is 5.02 Å². The maximum atomic E-state index is 12.2. The monoisotopic (exact) mass is 338 g/mol. The fourth-order valence-corrected chi connectivity index (χ4v) is 3.21. The SMILES string of the molecule is CCS(=O)(=O)c1ccccc1C(=O)OCc1cccc(Cl)c1. The lowest BCUT2D eigenvalue weighted by Gasteiger charge is -2.09. The molecular weight excluding hydrogens is 324 g/mol. The third kappa shape index (κ3) is 3.87. The van der Waals surface area contributed by atoms with Gasteiger partial charge in [-0.25, -0.2) is 13.2 Å². The minimum Gasteiger partial charge on any atom is -0.457 e. The van der Waals surface area contributed by atoms with Gasteiger partial charge in [0.05, 0.1) is 16.2 Å². The van der Waals surface area contributed by atoms with Gasteiger partial charge in [-0.15, -0.1) is 0 Å². The maximum Gasteiger partial charge on any atom is 0.339 e. The molecule has 0 aliphatic carbocycles. The Morgan fingerprint density at radius 2 is 1.86 bits per heavy atom. The molecule has 6 heteroatoms. The molecule has 2 aromatic rings. The Morgan fingerprint density at radius 3 is 2.55 bits per heavy atom. The molecule has 0 unspecified atom stereocenters. The van der Waals surface area contributed by atoms with Crippen LogP contribution in [0.3, 0.4) is 0 Å². The number of ether oxygens (including phenoxy) is 1. The highest BCUT2D eigenvalue weighted by Gasteiger charge is 2.21. The Labute approximate surface area is 134 Å². The van der Waals surface area contributed by atoms with Crippen molar-refractivity contribution in [2.75, 3.05) is 5.75 Å². The van der Waals surface area contributed by atoms with Crippen LogP contribution in [0.2, 0.25) is 5.02 Å². The van der Waals surface area contributed by atoms with Crippen LogP contribution in [0.25, 0.3) is 0 Å². The third-order valence-electron chi connectivity index (χ3n) is 3.08. The van der Waals surface area contributed by atoms with Crippen molar-refractivity contribution in [2.45, 2.75) is 18.4 Å². The zero-order valence-corrected chi connectivity index (χ0v) is 13.5. The summed E-state index contributed by atoms with van der Waals surface area (Å²) in [4.78, 5) is 12.2. The molecule has 0 radical (unpaired) electrons. The number of halogens is 1. The lowest BCUT2D eigenvalue weighted by Crippen LogP contribution is -2.13.